The summed E-state index contributed by atoms with van der Waals surface area (Å²) in [6.45, 7) is 1.99. The number of nitrogens with zero attached hydrogens (tertiary/aromatic N) is 2. The fourth-order valence-electron chi connectivity index (χ4n) is 2.32. The molecule has 1 aromatic heterocycles. The lowest BCUT2D eigenvalue weighted by Gasteiger charge is -2.21. The lowest BCUT2D eigenvalue weighted by Crippen LogP contribution is -2.27. The summed E-state index contributed by atoms with van der Waals surface area (Å²) in [5.74, 6) is -0.0678. The summed E-state index contributed by atoms with van der Waals surface area (Å²) in [5, 5.41) is 1.59. The first-order valence-corrected chi connectivity index (χ1v) is 8.80. The Morgan fingerprint density at radius 2 is 2.04 bits per heavy atom. The Hall–Kier alpha value is -2.17. The first-order chi connectivity index (χ1) is 11.5. The van der Waals surface area contributed by atoms with E-state index in [4.69, 9.17) is 11.6 Å². The predicted octanol–water partition coefficient (Wildman–Crippen LogP) is 5.18. The van der Waals surface area contributed by atoms with Crippen LogP contribution in [-0.4, -0.2) is 22.8 Å². The van der Waals surface area contributed by atoms with Crippen molar-refractivity contribution in [2.45, 2.75) is 13.0 Å². The van der Waals surface area contributed by atoms with Crippen molar-refractivity contribution in [2.75, 3.05) is 7.05 Å². The summed E-state index contributed by atoms with van der Waals surface area (Å²) in [6.07, 6.45) is 3.34. The summed E-state index contributed by atoms with van der Waals surface area (Å²) < 4.78 is 1.13. The minimum Gasteiger partial charge on any atom is -0.333 e. The van der Waals surface area contributed by atoms with Crippen molar-refractivity contribution in [1.82, 2.24) is 9.88 Å². The molecule has 0 aliphatic rings. The van der Waals surface area contributed by atoms with Crippen LogP contribution in [0.2, 0.25) is 5.02 Å². The van der Waals surface area contributed by atoms with Crippen molar-refractivity contribution in [2.24, 2.45) is 0 Å². The smallest absolute Gasteiger partial charge is 0.246 e. The van der Waals surface area contributed by atoms with Gasteiger partial charge >= 0.3 is 0 Å². The van der Waals surface area contributed by atoms with Crippen LogP contribution in [0.1, 0.15) is 23.5 Å². The third-order valence-corrected chi connectivity index (χ3v) is 5.31. The van der Waals surface area contributed by atoms with Crippen molar-refractivity contribution in [3.63, 3.8) is 0 Å². The second-order valence-electron chi connectivity index (χ2n) is 5.53. The number of thiazole rings is 1. The molecule has 3 rings (SSSR count). The zero-order valence-corrected chi connectivity index (χ0v) is 15.0. The number of amides is 1. The van der Waals surface area contributed by atoms with E-state index in [2.05, 4.69) is 4.98 Å². The van der Waals surface area contributed by atoms with Gasteiger partial charge in [0.15, 0.2) is 0 Å². The topological polar surface area (TPSA) is 33.2 Å². The Balaban J connectivity index is 1.74. The minimum absolute atomic E-state index is 0.0678. The standard InChI is InChI=1S/C19H17ClN2OS/c1-13(19-21-16-8-3-4-9-17(16)24-19)22(2)18(23)11-10-14-6-5-7-15(20)12-14/h3-13H,1-2H3/b11-10+/t13-/m1/s1. The Morgan fingerprint density at radius 3 is 2.79 bits per heavy atom. The molecule has 1 heterocycles. The van der Waals surface area contributed by atoms with Crippen LogP contribution in [0, 0.1) is 0 Å². The monoisotopic (exact) mass is 356 g/mol. The van der Waals surface area contributed by atoms with Gasteiger partial charge in [-0.25, -0.2) is 4.98 Å². The zero-order chi connectivity index (χ0) is 17.1. The molecule has 0 spiro atoms. The molecule has 0 fully saturated rings. The van der Waals surface area contributed by atoms with Gasteiger partial charge < -0.3 is 4.90 Å². The van der Waals surface area contributed by atoms with Crippen LogP contribution in [0.15, 0.2) is 54.6 Å². The predicted molar refractivity (Wildman–Crippen MR) is 101 cm³/mol. The van der Waals surface area contributed by atoms with Crippen LogP contribution in [0.3, 0.4) is 0 Å². The zero-order valence-electron chi connectivity index (χ0n) is 13.4. The number of para-hydroxylation sites is 1. The van der Waals surface area contributed by atoms with Gasteiger partial charge in [-0.2, -0.15) is 0 Å². The first-order valence-electron chi connectivity index (χ1n) is 7.60. The molecule has 0 saturated carbocycles. The van der Waals surface area contributed by atoms with Crippen LogP contribution in [0.5, 0.6) is 0 Å². The van der Waals surface area contributed by atoms with Crippen LogP contribution in [-0.2, 0) is 4.79 Å². The summed E-state index contributed by atoms with van der Waals surface area (Å²) in [5.41, 5.74) is 1.87. The third-order valence-electron chi connectivity index (χ3n) is 3.86. The summed E-state index contributed by atoms with van der Waals surface area (Å²) in [4.78, 5) is 18.7. The highest BCUT2D eigenvalue weighted by Gasteiger charge is 2.19. The van der Waals surface area contributed by atoms with Crippen molar-refractivity contribution in [3.05, 3.63) is 70.2 Å². The number of benzene rings is 2. The SMILES string of the molecule is C[C@H](c1nc2ccccc2s1)N(C)C(=O)/C=C/c1cccc(Cl)c1. The second-order valence-corrected chi connectivity index (χ2v) is 7.03. The van der Waals surface area contributed by atoms with E-state index in [1.54, 1.807) is 35.4 Å². The lowest BCUT2D eigenvalue weighted by molar-refractivity contribution is -0.126. The van der Waals surface area contributed by atoms with Gasteiger partial charge in [-0.05, 0) is 42.8 Å². The van der Waals surface area contributed by atoms with Crippen molar-refractivity contribution in [1.29, 1.82) is 0 Å². The molecular weight excluding hydrogens is 340 g/mol. The van der Waals surface area contributed by atoms with E-state index < -0.39 is 0 Å². The highest BCUT2D eigenvalue weighted by atomic mass is 35.5. The van der Waals surface area contributed by atoms with E-state index in [0.29, 0.717) is 5.02 Å². The molecule has 2 aromatic carbocycles. The molecule has 0 aliphatic heterocycles. The number of fused-ring (bicyclic) bond motifs is 1. The fourth-order valence-corrected chi connectivity index (χ4v) is 3.58. The van der Waals surface area contributed by atoms with Gasteiger partial charge in [-0.15, -0.1) is 11.3 Å². The summed E-state index contributed by atoms with van der Waals surface area (Å²) >= 11 is 7.58. The molecule has 122 valence electrons. The number of carbonyl (C=O) groups is 1. The number of rotatable bonds is 4. The lowest BCUT2D eigenvalue weighted by atomic mass is 10.2. The molecule has 1 atom stereocenters. The Kier molecular flexibility index (Phi) is 4.97. The van der Waals surface area contributed by atoms with Crippen molar-refractivity contribution >= 4 is 45.1 Å². The highest BCUT2D eigenvalue weighted by Crippen LogP contribution is 2.28. The van der Waals surface area contributed by atoms with Crippen LogP contribution < -0.4 is 0 Å². The number of hydrogen-bond acceptors (Lipinski definition) is 3. The quantitative estimate of drug-likeness (QED) is 0.603. The first kappa shape index (κ1) is 16.7. The molecule has 1 amide bonds. The molecule has 0 N–H and O–H groups in total. The average Bonchev–Trinajstić information content (AvgIpc) is 3.02. The Morgan fingerprint density at radius 1 is 1.25 bits per heavy atom. The molecular formula is C19H17ClN2OS. The van der Waals surface area contributed by atoms with Crippen molar-refractivity contribution in [3.8, 4) is 0 Å². The number of likely N-dealkylation sites (N-methyl/N-ethyl adjacent to an activating group) is 1. The summed E-state index contributed by atoms with van der Waals surface area (Å²) in [6, 6.07) is 15.3. The Bertz CT molecular complexity index is 870. The minimum atomic E-state index is -0.0843. The van der Waals surface area contributed by atoms with Crippen LogP contribution in [0.25, 0.3) is 16.3 Å². The number of hydrogen-bond donors (Lipinski definition) is 0. The molecule has 3 aromatic rings. The normalized spacial score (nSPS) is 12.6. The van der Waals surface area contributed by atoms with Crippen LogP contribution >= 0.6 is 22.9 Å². The molecule has 0 saturated heterocycles. The maximum Gasteiger partial charge on any atom is 0.246 e. The van der Waals surface area contributed by atoms with Crippen LogP contribution in [0.4, 0.5) is 0 Å². The number of carbonyl (C=O) groups excluding carboxylic acids is 1. The van der Waals surface area contributed by atoms with E-state index in [-0.39, 0.29) is 11.9 Å². The largest absolute Gasteiger partial charge is 0.333 e. The molecule has 0 bridgehead atoms. The highest BCUT2D eigenvalue weighted by molar-refractivity contribution is 7.18. The van der Waals surface area contributed by atoms with E-state index in [1.165, 1.54) is 0 Å². The average molecular weight is 357 g/mol. The van der Waals surface area contributed by atoms with Gasteiger partial charge in [-0.1, -0.05) is 35.9 Å². The van der Waals surface area contributed by atoms with Gasteiger partial charge in [0.2, 0.25) is 5.91 Å². The van der Waals surface area contributed by atoms with Gasteiger partial charge in [0, 0.05) is 18.1 Å². The van der Waals surface area contributed by atoms with Gasteiger partial charge in [0.25, 0.3) is 0 Å². The molecule has 3 nitrogen and oxygen atoms in total. The molecule has 0 radical (unpaired) electrons. The van der Waals surface area contributed by atoms with Gasteiger partial charge in [0.05, 0.1) is 16.3 Å². The molecule has 0 aliphatic carbocycles. The van der Waals surface area contributed by atoms with E-state index in [9.17, 15) is 4.79 Å². The number of aromatic nitrogens is 1. The molecule has 24 heavy (non-hydrogen) atoms. The van der Waals surface area contributed by atoms with Gasteiger partial charge in [-0.3, -0.25) is 4.79 Å². The van der Waals surface area contributed by atoms with Crippen molar-refractivity contribution < 1.29 is 4.79 Å². The van der Waals surface area contributed by atoms with Gasteiger partial charge in [0.1, 0.15) is 5.01 Å². The maximum absolute atomic E-state index is 12.4. The second kappa shape index (κ2) is 7.16. The number of halogens is 1. The fraction of sp³-hybridized carbons (Fsp3) is 0.158. The summed E-state index contributed by atoms with van der Waals surface area (Å²) in [7, 11) is 1.79. The third kappa shape index (κ3) is 3.66. The van der Waals surface area contributed by atoms with E-state index in [0.717, 1.165) is 20.8 Å². The maximum atomic E-state index is 12.4. The Labute approximate surface area is 150 Å². The molecule has 0 unspecified atom stereocenters. The molecule has 5 heteroatoms. The van der Waals surface area contributed by atoms with E-state index in [1.807, 2.05) is 55.5 Å². The van der Waals surface area contributed by atoms with E-state index >= 15 is 0 Å².